The van der Waals surface area contributed by atoms with Crippen LogP contribution < -0.4 is 0 Å². The molecule has 0 radical (unpaired) electrons. The van der Waals surface area contributed by atoms with Crippen molar-refractivity contribution in [2.75, 3.05) is 0 Å². The van der Waals surface area contributed by atoms with Crippen molar-refractivity contribution >= 4 is 11.3 Å². The van der Waals surface area contributed by atoms with Gasteiger partial charge < -0.3 is 18.1 Å². The van der Waals surface area contributed by atoms with Gasteiger partial charge in [-0.2, -0.15) is 0 Å². The Kier molecular flexibility index (Phi) is 13.1. The van der Waals surface area contributed by atoms with Crippen molar-refractivity contribution in [2.45, 2.75) is 55.4 Å². The lowest BCUT2D eigenvalue weighted by Crippen LogP contribution is -1.87. The van der Waals surface area contributed by atoms with E-state index in [4.69, 9.17) is 4.42 Å². The standard InChI is InChI=1S/C6H10N2.2C5H8N2.C5H7NO.C5H7NS/c1-5-6(2)8(3)4-7-5;1-5-3-6-4-7(5)2;1-5-6-3-4-7(5)2;2*1-4-5(2)7-3-6-4/h4H,1-3H3;2*3-4H,1-2H3;2*3H,1-2H3. The lowest BCUT2D eigenvalue weighted by molar-refractivity contribution is 0.525. The number of thiazole rings is 1. The fraction of sp³-hybridized carbons (Fsp3) is 0.423. The molecule has 5 rings (SSSR count). The molecule has 5 aromatic rings. The summed E-state index contributed by atoms with van der Waals surface area (Å²) in [6.45, 7) is 16.0. The molecule has 0 N–H and O–H groups in total. The number of hydrogen-bond acceptors (Lipinski definition) is 7. The first kappa shape index (κ1) is 30.5. The van der Waals surface area contributed by atoms with Gasteiger partial charge in [-0.15, -0.1) is 11.3 Å². The van der Waals surface area contributed by atoms with Crippen LogP contribution in [0.3, 0.4) is 0 Å². The van der Waals surface area contributed by atoms with Crippen LogP contribution in [0.2, 0.25) is 0 Å². The predicted octanol–water partition coefficient (Wildman–Crippen LogP) is 5.55. The molecule has 9 nitrogen and oxygen atoms in total. The first-order valence-corrected chi connectivity index (χ1v) is 12.4. The van der Waals surface area contributed by atoms with E-state index in [-0.39, 0.29) is 0 Å². The predicted molar refractivity (Wildman–Crippen MR) is 146 cm³/mol. The molecule has 0 aliphatic heterocycles. The highest BCUT2D eigenvalue weighted by Crippen LogP contribution is 2.08. The summed E-state index contributed by atoms with van der Waals surface area (Å²) >= 11 is 1.69. The summed E-state index contributed by atoms with van der Waals surface area (Å²) in [6.07, 6.45) is 10.6. The average molecular weight is 513 g/mol. The molecule has 0 spiro atoms. The molecule has 196 valence electrons. The number of imidazole rings is 3. The first-order valence-electron chi connectivity index (χ1n) is 11.5. The molecule has 0 bridgehead atoms. The van der Waals surface area contributed by atoms with E-state index in [0.717, 1.165) is 28.7 Å². The van der Waals surface area contributed by atoms with Crippen LogP contribution in [0.25, 0.3) is 0 Å². The number of hydrogen-bond donors (Lipinski definition) is 0. The van der Waals surface area contributed by atoms with Gasteiger partial charge in [-0.1, -0.05) is 0 Å². The number of nitrogens with zero attached hydrogens (tertiary/aromatic N) is 8. The van der Waals surface area contributed by atoms with Crippen LogP contribution >= 0.6 is 11.3 Å². The van der Waals surface area contributed by atoms with Crippen LogP contribution in [-0.4, -0.2) is 38.6 Å². The smallest absolute Gasteiger partial charge is 0.181 e. The molecule has 0 aromatic carbocycles. The lowest BCUT2D eigenvalue weighted by Gasteiger charge is -1.90. The van der Waals surface area contributed by atoms with Gasteiger partial charge in [0.2, 0.25) is 0 Å². The van der Waals surface area contributed by atoms with Crippen molar-refractivity contribution in [3.05, 3.63) is 88.1 Å². The van der Waals surface area contributed by atoms with Crippen molar-refractivity contribution in [3.63, 3.8) is 0 Å². The molecule has 0 fully saturated rings. The van der Waals surface area contributed by atoms with Gasteiger partial charge in [-0.3, -0.25) is 0 Å². The van der Waals surface area contributed by atoms with Crippen LogP contribution in [0.1, 0.15) is 44.9 Å². The molecule has 0 saturated carbocycles. The third-order valence-corrected chi connectivity index (χ3v) is 6.43. The molecule has 0 amide bonds. The minimum atomic E-state index is 0.903. The van der Waals surface area contributed by atoms with Crippen molar-refractivity contribution in [2.24, 2.45) is 21.1 Å². The monoisotopic (exact) mass is 512 g/mol. The van der Waals surface area contributed by atoms with Crippen molar-refractivity contribution < 1.29 is 4.42 Å². The van der Waals surface area contributed by atoms with Gasteiger partial charge in [0.05, 0.1) is 35.2 Å². The summed E-state index contributed by atoms with van der Waals surface area (Å²) in [5.41, 5.74) is 7.55. The topological polar surface area (TPSA) is 92.4 Å². The summed E-state index contributed by atoms with van der Waals surface area (Å²) in [6, 6.07) is 0. The first-order chi connectivity index (χ1) is 16.9. The van der Waals surface area contributed by atoms with E-state index in [1.165, 1.54) is 22.7 Å². The highest BCUT2D eigenvalue weighted by molar-refractivity contribution is 7.09. The van der Waals surface area contributed by atoms with Gasteiger partial charge in [0.15, 0.2) is 6.39 Å². The minimum absolute atomic E-state index is 0.903. The third-order valence-electron chi connectivity index (χ3n) is 5.57. The van der Waals surface area contributed by atoms with Gasteiger partial charge in [-0.05, 0) is 55.4 Å². The summed E-state index contributed by atoms with van der Waals surface area (Å²) in [7, 11) is 5.94. The molecule has 0 saturated heterocycles. The van der Waals surface area contributed by atoms with Crippen molar-refractivity contribution in [1.29, 1.82) is 0 Å². The Morgan fingerprint density at radius 3 is 1.56 bits per heavy atom. The molecule has 10 heteroatoms. The molecule has 0 atom stereocenters. The summed E-state index contributed by atoms with van der Waals surface area (Å²) in [5.74, 6) is 1.96. The zero-order valence-corrected chi connectivity index (χ0v) is 24.3. The van der Waals surface area contributed by atoms with E-state index in [2.05, 4.69) is 38.8 Å². The number of rotatable bonds is 0. The van der Waals surface area contributed by atoms with Crippen LogP contribution in [0.5, 0.6) is 0 Å². The number of aryl methyl sites for hydroxylation is 10. The van der Waals surface area contributed by atoms with Gasteiger partial charge in [-0.25, -0.2) is 24.9 Å². The lowest BCUT2D eigenvalue weighted by atomic mass is 10.4. The highest BCUT2D eigenvalue weighted by Gasteiger charge is 1.94. The van der Waals surface area contributed by atoms with E-state index >= 15 is 0 Å². The molecule has 0 unspecified atom stereocenters. The fourth-order valence-corrected chi connectivity index (χ4v) is 2.79. The quantitative estimate of drug-likeness (QED) is 0.270. The molecule has 0 aliphatic rings. The Labute approximate surface area is 218 Å². The summed E-state index contributed by atoms with van der Waals surface area (Å²) in [5, 5.41) is 0. The zero-order valence-electron chi connectivity index (χ0n) is 23.4. The van der Waals surface area contributed by atoms with Crippen LogP contribution in [0, 0.1) is 55.4 Å². The van der Waals surface area contributed by atoms with E-state index in [0.29, 0.717) is 0 Å². The fourth-order valence-electron chi connectivity index (χ4n) is 2.19. The second-order valence-electron chi connectivity index (χ2n) is 8.25. The molecule has 5 aromatic heterocycles. The van der Waals surface area contributed by atoms with E-state index < -0.39 is 0 Å². The van der Waals surface area contributed by atoms with Gasteiger partial charge in [0.25, 0.3) is 0 Å². The molecular weight excluding hydrogens is 472 g/mol. The largest absolute Gasteiger partial charge is 0.449 e. The average Bonchev–Trinajstić information content (AvgIpc) is 3.66. The number of aromatic nitrogens is 8. The molecule has 5 heterocycles. The van der Waals surface area contributed by atoms with Crippen LogP contribution in [0.4, 0.5) is 0 Å². The Hall–Kier alpha value is -3.53. The summed E-state index contributed by atoms with van der Waals surface area (Å²) < 4.78 is 10.8. The summed E-state index contributed by atoms with van der Waals surface area (Å²) in [4.78, 5) is 21.1. The Balaban J connectivity index is 0.000000225. The second-order valence-corrected chi connectivity index (χ2v) is 9.30. The Morgan fingerprint density at radius 1 is 0.722 bits per heavy atom. The van der Waals surface area contributed by atoms with Crippen molar-refractivity contribution in [1.82, 2.24) is 38.6 Å². The minimum Gasteiger partial charge on any atom is -0.449 e. The maximum absolute atomic E-state index is 4.85. The van der Waals surface area contributed by atoms with Gasteiger partial charge in [0.1, 0.15) is 11.6 Å². The van der Waals surface area contributed by atoms with Crippen molar-refractivity contribution in [3.8, 4) is 0 Å². The van der Waals surface area contributed by atoms with Gasteiger partial charge in [0, 0.05) is 56.0 Å². The highest BCUT2D eigenvalue weighted by atomic mass is 32.1. The van der Waals surface area contributed by atoms with Gasteiger partial charge >= 0.3 is 0 Å². The SMILES string of the molecule is Cc1cncn1C.Cc1nccn1C.Cc1ncn(C)c1C.Cc1ncoc1C.Cc1ncsc1C. The second kappa shape index (κ2) is 15.5. The number of oxazole rings is 1. The Morgan fingerprint density at radius 2 is 1.42 bits per heavy atom. The zero-order chi connectivity index (χ0) is 27.3. The van der Waals surface area contributed by atoms with E-state index in [1.807, 2.05) is 101 Å². The van der Waals surface area contributed by atoms with E-state index in [1.54, 1.807) is 23.9 Å². The third kappa shape index (κ3) is 10.8. The molecule has 36 heavy (non-hydrogen) atoms. The van der Waals surface area contributed by atoms with E-state index in [9.17, 15) is 0 Å². The Bertz CT molecular complexity index is 1040. The van der Waals surface area contributed by atoms with Crippen LogP contribution in [-0.2, 0) is 21.1 Å². The molecular formula is C26H40N8OS. The normalized spacial score (nSPS) is 9.53. The molecule has 0 aliphatic carbocycles. The van der Waals surface area contributed by atoms with Crippen LogP contribution in [0.15, 0.2) is 47.6 Å². The maximum Gasteiger partial charge on any atom is 0.181 e. The maximum atomic E-state index is 4.85.